The minimum Gasteiger partial charge on any atom is -0.491 e. The monoisotopic (exact) mass is 288 g/mol. The number of aromatic nitrogens is 2. The van der Waals surface area contributed by atoms with Crippen LogP contribution in [-0.2, 0) is 0 Å². The van der Waals surface area contributed by atoms with Gasteiger partial charge in [-0.1, -0.05) is 12.1 Å². The van der Waals surface area contributed by atoms with Gasteiger partial charge in [-0.15, -0.1) is 0 Å². The first-order valence-corrected chi connectivity index (χ1v) is 6.49. The Kier molecular flexibility index (Phi) is 4.07. The fourth-order valence-electron chi connectivity index (χ4n) is 1.96. The fraction of sp³-hybridized carbons (Fsp3) is 0.267. The highest BCUT2D eigenvalue weighted by Crippen LogP contribution is 2.21. The Morgan fingerprint density at radius 1 is 1.38 bits per heavy atom. The molecule has 2 N–H and O–H groups in total. The Bertz CT molecular complexity index is 735. The lowest BCUT2D eigenvalue weighted by atomic mass is 10.1. The molecule has 0 saturated heterocycles. The minimum absolute atomic E-state index is 0.0309. The largest absolute Gasteiger partial charge is 0.491 e. The van der Waals surface area contributed by atoms with E-state index in [1.807, 2.05) is 13.8 Å². The van der Waals surface area contributed by atoms with Crippen molar-refractivity contribution in [2.24, 2.45) is 0 Å². The van der Waals surface area contributed by atoms with E-state index >= 15 is 0 Å². The summed E-state index contributed by atoms with van der Waals surface area (Å²) >= 11 is 0. The van der Waals surface area contributed by atoms with Crippen LogP contribution in [0.25, 0.3) is 11.4 Å². The van der Waals surface area contributed by atoms with E-state index in [4.69, 9.17) is 9.84 Å². The van der Waals surface area contributed by atoms with Crippen LogP contribution in [-0.4, -0.2) is 27.1 Å². The number of carboxylic acid groups (broad SMARTS) is 1. The van der Waals surface area contributed by atoms with Gasteiger partial charge in [0.25, 0.3) is 5.56 Å². The van der Waals surface area contributed by atoms with Gasteiger partial charge in [0.05, 0.1) is 11.8 Å². The quantitative estimate of drug-likeness (QED) is 0.900. The summed E-state index contributed by atoms with van der Waals surface area (Å²) in [4.78, 5) is 29.5. The van der Waals surface area contributed by atoms with Crippen molar-refractivity contribution in [3.05, 3.63) is 45.9 Å². The number of nitrogens with zero attached hydrogens (tertiary/aromatic N) is 1. The molecule has 1 aromatic heterocycles. The maximum Gasteiger partial charge on any atom is 0.343 e. The second-order valence-electron chi connectivity index (χ2n) is 4.87. The van der Waals surface area contributed by atoms with Crippen molar-refractivity contribution in [3.8, 4) is 17.1 Å². The second-order valence-corrected chi connectivity index (χ2v) is 4.87. The third kappa shape index (κ3) is 3.28. The van der Waals surface area contributed by atoms with Crippen molar-refractivity contribution >= 4 is 5.97 Å². The summed E-state index contributed by atoms with van der Waals surface area (Å²) in [5.74, 6) is -0.313. The average molecular weight is 288 g/mol. The average Bonchev–Trinajstić information content (AvgIpc) is 2.36. The molecule has 0 bridgehead atoms. The molecule has 0 atom stereocenters. The summed E-state index contributed by atoms with van der Waals surface area (Å²) < 4.78 is 5.58. The molecular weight excluding hydrogens is 272 g/mol. The molecule has 6 nitrogen and oxygen atoms in total. The predicted octanol–water partition coefficient (Wildman–Crippen LogP) is 2.23. The summed E-state index contributed by atoms with van der Waals surface area (Å²) in [6, 6.07) is 7.11. The van der Waals surface area contributed by atoms with Crippen molar-refractivity contribution < 1.29 is 14.6 Å². The normalized spacial score (nSPS) is 10.7. The lowest BCUT2D eigenvalue weighted by Gasteiger charge is -2.11. The number of rotatable bonds is 4. The summed E-state index contributed by atoms with van der Waals surface area (Å²) in [5.41, 5.74) is -0.171. The molecule has 110 valence electrons. The lowest BCUT2D eigenvalue weighted by molar-refractivity contribution is 0.0693. The molecule has 0 spiro atoms. The smallest absolute Gasteiger partial charge is 0.343 e. The van der Waals surface area contributed by atoms with E-state index < -0.39 is 11.5 Å². The third-order valence-corrected chi connectivity index (χ3v) is 2.79. The molecule has 0 aliphatic heterocycles. The van der Waals surface area contributed by atoms with E-state index in [9.17, 15) is 9.59 Å². The van der Waals surface area contributed by atoms with E-state index in [0.29, 0.717) is 17.1 Å². The van der Waals surface area contributed by atoms with E-state index in [-0.39, 0.29) is 17.4 Å². The molecule has 1 aromatic carbocycles. The highest BCUT2D eigenvalue weighted by Gasteiger charge is 2.15. The highest BCUT2D eigenvalue weighted by atomic mass is 16.5. The molecule has 0 unspecified atom stereocenters. The first kappa shape index (κ1) is 14.8. The molecule has 0 aliphatic carbocycles. The van der Waals surface area contributed by atoms with Crippen LogP contribution in [0.2, 0.25) is 0 Å². The molecule has 0 aliphatic rings. The van der Waals surface area contributed by atoms with E-state index in [1.165, 1.54) is 6.92 Å². The molecule has 2 rings (SSSR count). The zero-order valence-corrected chi connectivity index (χ0v) is 12.0. The maximum atomic E-state index is 11.8. The van der Waals surface area contributed by atoms with Gasteiger partial charge in [0.2, 0.25) is 0 Å². The Labute approximate surface area is 121 Å². The van der Waals surface area contributed by atoms with Gasteiger partial charge in [-0.25, -0.2) is 9.78 Å². The Hall–Kier alpha value is -2.63. The second kappa shape index (κ2) is 5.78. The zero-order chi connectivity index (χ0) is 15.6. The number of benzene rings is 1. The SMILES string of the molecule is Cc1nc(-c2cccc(OC(C)C)c2)[nH]c(=O)c1C(=O)O. The van der Waals surface area contributed by atoms with Crippen LogP contribution in [0.3, 0.4) is 0 Å². The van der Waals surface area contributed by atoms with Crippen molar-refractivity contribution in [3.63, 3.8) is 0 Å². The maximum absolute atomic E-state index is 11.8. The molecule has 0 saturated carbocycles. The summed E-state index contributed by atoms with van der Waals surface area (Å²) in [5, 5.41) is 8.97. The van der Waals surface area contributed by atoms with Crippen LogP contribution < -0.4 is 10.3 Å². The van der Waals surface area contributed by atoms with Crippen molar-refractivity contribution in [2.45, 2.75) is 26.9 Å². The molecule has 1 heterocycles. The molecular formula is C15H16N2O4. The van der Waals surface area contributed by atoms with Crippen LogP contribution in [0.5, 0.6) is 5.75 Å². The van der Waals surface area contributed by atoms with Crippen LogP contribution in [0, 0.1) is 6.92 Å². The van der Waals surface area contributed by atoms with Crippen LogP contribution >= 0.6 is 0 Å². The van der Waals surface area contributed by atoms with Gasteiger partial charge in [-0.2, -0.15) is 0 Å². The number of aryl methyl sites for hydroxylation is 1. The van der Waals surface area contributed by atoms with E-state index in [0.717, 1.165) is 0 Å². The minimum atomic E-state index is -1.29. The van der Waals surface area contributed by atoms with Crippen LogP contribution in [0.1, 0.15) is 29.9 Å². The van der Waals surface area contributed by atoms with E-state index in [2.05, 4.69) is 9.97 Å². The van der Waals surface area contributed by atoms with Crippen molar-refractivity contribution in [2.75, 3.05) is 0 Å². The molecule has 21 heavy (non-hydrogen) atoms. The first-order chi connectivity index (χ1) is 9.88. The number of aromatic amines is 1. The number of ether oxygens (including phenoxy) is 1. The standard InChI is InChI=1S/C15H16N2O4/c1-8(2)21-11-6-4-5-10(7-11)13-16-9(3)12(15(19)20)14(18)17-13/h4-8H,1-3H3,(H,19,20)(H,16,17,18). The molecule has 2 aromatic rings. The highest BCUT2D eigenvalue weighted by molar-refractivity contribution is 5.88. The topological polar surface area (TPSA) is 92.3 Å². The summed E-state index contributed by atoms with van der Waals surface area (Å²) in [6.07, 6.45) is 0.0309. The van der Waals surface area contributed by atoms with Gasteiger partial charge >= 0.3 is 5.97 Å². The number of H-pyrrole nitrogens is 1. The Morgan fingerprint density at radius 3 is 2.67 bits per heavy atom. The van der Waals surface area contributed by atoms with Gasteiger partial charge in [-0.05, 0) is 32.9 Å². The van der Waals surface area contributed by atoms with Gasteiger partial charge in [0, 0.05) is 5.56 Å². The summed E-state index contributed by atoms with van der Waals surface area (Å²) in [7, 11) is 0. The van der Waals surface area contributed by atoms with Crippen molar-refractivity contribution in [1.29, 1.82) is 0 Å². The molecule has 0 radical (unpaired) electrons. The molecule has 6 heteroatoms. The van der Waals surface area contributed by atoms with Gasteiger partial charge in [0.1, 0.15) is 17.1 Å². The number of hydrogen-bond donors (Lipinski definition) is 2. The van der Waals surface area contributed by atoms with Gasteiger partial charge in [-0.3, -0.25) is 4.79 Å². The lowest BCUT2D eigenvalue weighted by Crippen LogP contribution is -2.21. The number of aromatic carboxylic acids is 1. The predicted molar refractivity (Wildman–Crippen MR) is 77.8 cm³/mol. The Morgan fingerprint density at radius 2 is 2.10 bits per heavy atom. The third-order valence-electron chi connectivity index (χ3n) is 2.79. The number of carboxylic acids is 1. The van der Waals surface area contributed by atoms with Crippen molar-refractivity contribution in [1.82, 2.24) is 9.97 Å². The molecule has 0 fully saturated rings. The molecule has 0 amide bonds. The zero-order valence-electron chi connectivity index (χ0n) is 12.0. The van der Waals surface area contributed by atoms with Crippen LogP contribution in [0.4, 0.5) is 0 Å². The van der Waals surface area contributed by atoms with Gasteiger partial charge < -0.3 is 14.8 Å². The van der Waals surface area contributed by atoms with Gasteiger partial charge in [0.15, 0.2) is 0 Å². The van der Waals surface area contributed by atoms with Crippen LogP contribution in [0.15, 0.2) is 29.1 Å². The fourth-order valence-corrected chi connectivity index (χ4v) is 1.96. The van der Waals surface area contributed by atoms with E-state index in [1.54, 1.807) is 24.3 Å². The number of nitrogens with one attached hydrogen (secondary N) is 1. The summed E-state index contributed by atoms with van der Waals surface area (Å²) in [6.45, 7) is 5.33. The number of hydrogen-bond acceptors (Lipinski definition) is 4. The number of carbonyl (C=O) groups is 1. The first-order valence-electron chi connectivity index (χ1n) is 6.49. The Balaban J connectivity index is 2.48.